The molecule has 0 aliphatic rings. The molecule has 0 radical (unpaired) electrons. The molecule has 5 nitrogen and oxygen atoms in total. The third kappa shape index (κ3) is 0.604. The second kappa shape index (κ2) is 1.66. The van der Waals surface area contributed by atoms with Crippen LogP contribution in [-0.4, -0.2) is 25.3 Å². The van der Waals surface area contributed by atoms with Crippen LogP contribution in [0.25, 0.3) is 11.0 Å². The summed E-state index contributed by atoms with van der Waals surface area (Å²) >= 11 is 0. The van der Waals surface area contributed by atoms with Crippen molar-refractivity contribution >= 4 is 11.0 Å². The predicted octanol–water partition coefficient (Wildman–Crippen LogP) is 0.0636. The number of pyridine rings is 1. The molecule has 0 amide bonds. The second-order valence-electron chi connectivity index (χ2n) is 1.83. The van der Waals surface area contributed by atoms with Crippen molar-refractivity contribution in [1.29, 1.82) is 0 Å². The fraction of sp³-hybridized carbons (Fsp3) is 0. The number of aromatic nitrogens is 4. The first-order valence-electron chi connectivity index (χ1n) is 2.72. The Kier molecular flexibility index (Phi) is 0.858. The maximum absolute atomic E-state index is 8.72. The van der Waals surface area contributed by atoms with Gasteiger partial charge in [-0.25, -0.2) is 0 Å². The first-order chi connectivity index (χ1) is 4.86. The topological polar surface area (TPSA) is 63.8 Å². The van der Waals surface area contributed by atoms with Gasteiger partial charge in [-0.3, -0.25) is 4.98 Å². The lowest BCUT2D eigenvalue weighted by Crippen LogP contribution is -1.92. The van der Waals surface area contributed by atoms with Crippen LogP contribution in [0.4, 0.5) is 0 Å². The maximum atomic E-state index is 8.72. The van der Waals surface area contributed by atoms with Gasteiger partial charge in [0.1, 0.15) is 11.0 Å². The molecule has 2 aromatic heterocycles. The van der Waals surface area contributed by atoms with Crippen molar-refractivity contribution in [3.63, 3.8) is 0 Å². The van der Waals surface area contributed by atoms with Gasteiger partial charge in [0, 0.05) is 6.20 Å². The first-order valence-corrected chi connectivity index (χ1v) is 2.72. The second-order valence-corrected chi connectivity index (χ2v) is 1.83. The molecular formula is C5H4N4O. The molecule has 0 saturated carbocycles. The molecule has 0 fully saturated rings. The van der Waals surface area contributed by atoms with Gasteiger partial charge in [0.05, 0.1) is 6.20 Å². The van der Waals surface area contributed by atoms with Crippen LogP contribution in [0.1, 0.15) is 0 Å². The predicted molar refractivity (Wildman–Crippen MR) is 32.5 cm³/mol. The molecule has 0 saturated heterocycles. The van der Waals surface area contributed by atoms with Crippen molar-refractivity contribution in [3.05, 3.63) is 18.5 Å². The Balaban J connectivity index is 2.88. The molecular weight excluding hydrogens is 132 g/mol. The molecule has 1 N–H and O–H groups in total. The summed E-state index contributed by atoms with van der Waals surface area (Å²) in [5, 5.41) is 16.0. The van der Waals surface area contributed by atoms with E-state index in [1.807, 2.05) is 0 Å². The molecule has 50 valence electrons. The standard InChI is InChI=1S/C5H4N4O/c10-9-7-4-1-2-6-3-5(4)8-9/h1-3,10H. The molecule has 2 heterocycles. The largest absolute Gasteiger partial charge is 0.396 e. The van der Waals surface area contributed by atoms with Gasteiger partial charge in [-0.05, 0) is 11.0 Å². The normalized spacial score (nSPS) is 10.4. The molecule has 0 bridgehead atoms. The van der Waals surface area contributed by atoms with E-state index in [4.69, 9.17) is 5.21 Å². The van der Waals surface area contributed by atoms with E-state index in [9.17, 15) is 0 Å². The Bertz CT molecular complexity index is 322. The van der Waals surface area contributed by atoms with E-state index in [0.717, 1.165) is 0 Å². The Hall–Kier alpha value is -1.65. The first kappa shape index (κ1) is 5.16. The lowest BCUT2D eigenvalue weighted by Gasteiger charge is -1.77. The third-order valence-electron chi connectivity index (χ3n) is 1.17. The van der Waals surface area contributed by atoms with Gasteiger partial charge in [0.15, 0.2) is 0 Å². The highest BCUT2D eigenvalue weighted by Gasteiger charge is 1.97. The third-order valence-corrected chi connectivity index (χ3v) is 1.17. The number of hydrogen-bond acceptors (Lipinski definition) is 4. The van der Waals surface area contributed by atoms with E-state index in [1.54, 1.807) is 12.3 Å². The monoisotopic (exact) mass is 136 g/mol. The van der Waals surface area contributed by atoms with Crippen LogP contribution in [0.3, 0.4) is 0 Å². The summed E-state index contributed by atoms with van der Waals surface area (Å²) in [6.07, 6.45) is 3.13. The van der Waals surface area contributed by atoms with Gasteiger partial charge in [0.2, 0.25) is 0 Å². The SMILES string of the molecule is On1nc2ccncc2n1. The quantitative estimate of drug-likeness (QED) is 0.520. The lowest BCUT2D eigenvalue weighted by molar-refractivity contribution is 0.113. The summed E-state index contributed by atoms with van der Waals surface area (Å²) in [5.74, 6) is 0. The van der Waals surface area contributed by atoms with Crippen LogP contribution in [-0.2, 0) is 0 Å². The number of fused-ring (bicyclic) bond motifs is 1. The van der Waals surface area contributed by atoms with E-state index in [1.165, 1.54) is 6.20 Å². The average molecular weight is 136 g/mol. The highest BCUT2D eigenvalue weighted by molar-refractivity contribution is 5.71. The summed E-state index contributed by atoms with van der Waals surface area (Å²) in [6.45, 7) is 0. The fourth-order valence-corrected chi connectivity index (χ4v) is 0.755. The molecule has 0 aliphatic carbocycles. The Labute approximate surface area is 55.9 Å². The Morgan fingerprint density at radius 1 is 1.30 bits per heavy atom. The minimum Gasteiger partial charge on any atom is -0.396 e. The maximum Gasteiger partial charge on any atom is 0.135 e. The zero-order chi connectivity index (χ0) is 6.97. The smallest absolute Gasteiger partial charge is 0.135 e. The van der Waals surface area contributed by atoms with Crippen molar-refractivity contribution in [3.8, 4) is 0 Å². The zero-order valence-corrected chi connectivity index (χ0v) is 4.97. The van der Waals surface area contributed by atoms with Crippen LogP contribution in [0.5, 0.6) is 0 Å². The van der Waals surface area contributed by atoms with Crippen LogP contribution >= 0.6 is 0 Å². The van der Waals surface area contributed by atoms with Crippen molar-refractivity contribution < 1.29 is 5.21 Å². The molecule has 0 aliphatic heterocycles. The minimum atomic E-state index is 0.534. The summed E-state index contributed by atoms with van der Waals surface area (Å²) in [4.78, 5) is 4.33. The summed E-state index contributed by atoms with van der Waals surface area (Å²) < 4.78 is 0. The molecule has 0 unspecified atom stereocenters. The lowest BCUT2D eigenvalue weighted by atomic mass is 10.4. The summed E-state index contributed by atoms with van der Waals surface area (Å²) in [7, 11) is 0. The number of rotatable bonds is 0. The number of hydrogen-bond donors (Lipinski definition) is 1. The fourth-order valence-electron chi connectivity index (χ4n) is 0.755. The van der Waals surface area contributed by atoms with E-state index < -0.39 is 0 Å². The van der Waals surface area contributed by atoms with Crippen molar-refractivity contribution in [2.24, 2.45) is 0 Å². The Morgan fingerprint density at radius 3 is 2.90 bits per heavy atom. The minimum absolute atomic E-state index is 0.534. The van der Waals surface area contributed by atoms with E-state index in [2.05, 4.69) is 15.2 Å². The van der Waals surface area contributed by atoms with Crippen LogP contribution in [0.2, 0.25) is 0 Å². The average Bonchev–Trinajstić information content (AvgIpc) is 2.27. The van der Waals surface area contributed by atoms with Gasteiger partial charge in [-0.2, -0.15) is 0 Å². The summed E-state index contributed by atoms with van der Waals surface area (Å²) in [6, 6.07) is 1.68. The van der Waals surface area contributed by atoms with Crippen molar-refractivity contribution in [2.45, 2.75) is 0 Å². The van der Waals surface area contributed by atoms with Crippen molar-refractivity contribution in [2.75, 3.05) is 0 Å². The highest BCUT2D eigenvalue weighted by atomic mass is 16.5. The van der Waals surface area contributed by atoms with Gasteiger partial charge in [-0.15, -0.1) is 10.2 Å². The molecule has 2 aromatic rings. The van der Waals surface area contributed by atoms with Gasteiger partial charge in [-0.1, -0.05) is 0 Å². The molecule has 10 heavy (non-hydrogen) atoms. The van der Waals surface area contributed by atoms with Crippen molar-refractivity contribution in [1.82, 2.24) is 20.1 Å². The van der Waals surface area contributed by atoms with E-state index in [0.29, 0.717) is 16.0 Å². The van der Waals surface area contributed by atoms with Crippen LogP contribution in [0.15, 0.2) is 18.5 Å². The summed E-state index contributed by atoms with van der Waals surface area (Å²) in [5.41, 5.74) is 1.22. The van der Waals surface area contributed by atoms with Crippen LogP contribution < -0.4 is 0 Å². The zero-order valence-electron chi connectivity index (χ0n) is 4.97. The van der Waals surface area contributed by atoms with Gasteiger partial charge >= 0.3 is 0 Å². The van der Waals surface area contributed by atoms with E-state index >= 15 is 0 Å². The molecule has 2 rings (SSSR count). The Morgan fingerprint density at radius 2 is 2.10 bits per heavy atom. The molecule has 0 atom stereocenters. The van der Waals surface area contributed by atoms with E-state index in [-0.39, 0.29) is 0 Å². The van der Waals surface area contributed by atoms with Gasteiger partial charge < -0.3 is 5.21 Å². The van der Waals surface area contributed by atoms with Crippen LogP contribution in [0, 0.1) is 0 Å². The molecule has 5 heteroatoms. The molecule has 0 aromatic carbocycles. The highest BCUT2D eigenvalue weighted by Crippen LogP contribution is 2.02. The molecule has 0 spiro atoms. The number of nitrogens with zero attached hydrogens (tertiary/aromatic N) is 4. The van der Waals surface area contributed by atoms with Gasteiger partial charge in [0.25, 0.3) is 0 Å².